The number of hydrogen-bond acceptors (Lipinski definition) is 3. The van der Waals surface area contributed by atoms with E-state index >= 15 is 0 Å². The van der Waals surface area contributed by atoms with Crippen molar-refractivity contribution >= 4 is 5.78 Å². The van der Waals surface area contributed by atoms with Gasteiger partial charge in [-0.25, -0.2) is 0 Å². The van der Waals surface area contributed by atoms with Crippen molar-refractivity contribution in [3.05, 3.63) is 12.2 Å². The first kappa shape index (κ1) is 22.5. The molecule has 0 aromatic heterocycles. The van der Waals surface area contributed by atoms with Gasteiger partial charge in [0.1, 0.15) is 5.60 Å². The molecule has 170 valence electrons. The van der Waals surface area contributed by atoms with E-state index in [1.165, 1.54) is 19.3 Å². The van der Waals surface area contributed by atoms with Gasteiger partial charge in [-0.2, -0.15) is 0 Å². The van der Waals surface area contributed by atoms with Gasteiger partial charge in [-0.05, 0) is 85.9 Å². The quantitative estimate of drug-likeness (QED) is 0.592. The summed E-state index contributed by atoms with van der Waals surface area (Å²) in [7, 11) is 0. The lowest BCUT2D eigenvalue weighted by molar-refractivity contribution is -0.213. The molecule has 4 saturated carbocycles. The second kappa shape index (κ2) is 7.73. The van der Waals surface area contributed by atoms with Gasteiger partial charge in [-0.3, -0.25) is 4.79 Å². The zero-order chi connectivity index (χ0) is 21.9. The molecule has 3 heteroatoms. The van der Waals surface area contributed by atoms with Gasteiger partial charge in [0.15, 0.2) is 5.78 Å². The third-order valence-corrected chi connectivity index (χ3v) is 10.4. The summed E-state index contributed by atoms with van der Waals surface area (Å²) in [6.45, 7) is 11.6. The van der Waals surface area contributed by atoms with Gasteiger partial charge in [0.05, 0.1) is 6.10 Å². The monoisotopic (exact) mass is 416 g/mol. The molecule has 0 spiro atoms. The van der Waals surface area contributed by atoms with Crippen LogP contribution in [-0.4, -0.2) is 27.7 Å². The van der Waals surface area contributed by atoms with Crippen molar-refractivity contribution in [3.63, 3.8) is 0 Å². The molecule has 0 radical (unpaired) electrons. The van der Waals surface area contributed by atoms with E-state index in [0.717, 1.165) is 25.7 Å². The molecule has 0 saturated heterocycles. The molecule has 0 amide bonds. The first-order valence-electron chi connectivity index (χ1n) is 12.6. The van der Waals surface area contributed by atoms with Crippen molar-refractivity contribution in [2.45, 2.75) is 104 Å². The van der Waals surface area contributed by atoms with Crippen LogP contribution in [0.15, 0.2) is 12.2 Å². The Morgan fingerprint density at radius 1 is 1.07 bits per heavy atom. The van der Waals surface area contributed by atoms with Gasteiger partial charge in [0.2, 0.25) is 0 Å². The van der Waals surface area contributed by atoms with E-state index in [2.05, 4.69) is 46.8 Å². The molecule has 4 aliphatic carbocycles. The molecule has 4 fully saturated rings. The Bertz CT molecular complexity index is 698. The summed E-state index contributed by atoms with van der Waals surface area (Å²) >= 11 is 0. The van der Waals surface area contributed by atoms with Crippen molar-refractivity contribution in [1.29, 1.82) is 0 Å². The van der Waals surface area contributed by atoms with Gasteiger partial charge in [-0.1, -0.05) is 46.8 Å². The third-order valence-electron chi connectivity index (χ3n) is 10.4. The van der Waals surface area contributed by atoms with E-state index in [1.54, 1.807) is 0 Å². The zero-order valence-corrected chi connectivity index (χ0v) is 19.9. The Hall–Kier alpha value is -0.670. The largest absolute Gasteiger partial charge is 0.393 e. The fourth-order valence-corrected chi connectivity index (χ4v) is 8.62. The molecule has 4 aliphatic rings. The molecule has 4 rings (SSSR count). The molecule has 0 unspecified atom stereocenters. The van der Waals surface area contributed by atoms with Crippen LogP contribution in [0.4, 0.5) is 0 Å². The van der Waals surface area contributed by atoms with Crippen LogP contribution in [0.25, 0.3) is 0 Å². The molecular formula is C27H44O3. The minimum Gasteiger partial charge on any atom is -0.393 e. The van der Waals surface area contributed by atoms with E-state index in [0.29, 0.717) is 47.3 Å². The normalized spacial score (nSPS) is 49.7. The molecule has 9 atom stereocenters. The molecule has 30 heavy (non-hydrogen) atoms. The Balaban J connectivity index is 1.57. The summed E-state index contributed by atoms with van der Waals surface area (Å²) < 4.78 is 0. The number of fused-ring (bicyclic) bond motifs is 5. The average Bonchev–Trinajstić information content (AvgIpc) is 3.01. The Labute approximate surface area is 183 Å². The molecule has 0 aromatic carbocycles. The zero-order valence-electron chi connectivity index (χ0n) is 19.9. The fraction of sp³-hybridized carbons (Fsp3) is 0.889. The first-order valence-corrected chi connectivity index (χ1v) is 12.6. The number of hydrogen-bond donors (Lipinski definition) is 2. The summed E-state index contributed by atoms with van der Waals surface area (Å²) in [6.07, 6.45) is 12.6. The second-order valence-electron chi connectivity index (χ2n) is 12.3. The van der Waals surface area contributed by atoms with Crippen molar-refractivity contribution in [3.8, 4) is 0 Å². The predicted molar refractivity (Wildman–Crippen MR) is 121 cm³/mol. The average molecular weight is 417 g/mol. The molecular weight excluding hydrogens is 372 g/mol. The van der Waals surface area contributed by atoms with Crippen LogP contribution >= 0.6 is 0 Å². The highest BCUT2D eigenvalue weighted by Gasteiger charge is 2.67. The Morgan fingerprint density at radius 2 is 1.80 bits per heavy atom. The number of Topliss-reactive ketones (excluding diaryl/α,β-unsaturated/α-hetero) is 1. The van der Waals surface area contributed by atoms with Crippen LogP contribution in [0.5, 0.6) is 0 Å². The van der Waals surface area contributed by atoms with E-state index in [9.17, 15) is 15.0 Å². The first-order chi connectivity index (χ1) is 14.0. The van der Waals surface area contributed by atoms with E-state index in [1.807, 2.05) is 0 Å². The van der Waals surface area contributed by atoms with E-state index in [4.69, 9.17) is 0 Å². The second-order valence-corrected chi connectivity index (χ2v) is 12.3. The van der Waals surface area contributed by atoms with Gasteiger partial charge < -0.3 is 10.2 Å². The lowest BCUT2D eigenvalue weighted by Crippen LogP contribution is -2.67. The number of aliphatic hydroxyl groups is 2. The maximum absolute atomic E-state index is 13.3. The van der Waals surface area contributed by atoms with Crippen LogP contribution in [0.2, 0.25) is 0 Å². The molecule has 2 N–H and O–H groups in total. The van der Waals surface area contributed by atoms with Crippen molar-refractivity contribution in [2.24, 2.45) is 46.3 Å². The standard InChI is InChI=1S/C27H44O3/c1-17(2)7-6-8-18(3)21-9-10-22-20-15-24(29)27(30)16-19(28)11-14-26(27,5)23(20)12-13-25(21,22)4/h6,8,17-23,28,30H,7,9-16H2,1-5H3/b8-6+/t18-,19+,20+,21-,22+,23+,25-,26-,27+/m1/s1. The number of allylic oxidation sites excluding steroid dienone is 2. The maximum Gasteiger partial charge on any atom is 0.165 e. The lowest BCUT2D eigenvalue weighted by atomic mass is 9.42. The lowest BCUT2D eigenvalue weighted by Gasteiger charge is -2.63. The molecule has 3 nitrogen and oxygen atoms in total. The maximum atomic E-state index is 13.3. The highest BCUT2D eigenvalue weighted by molar-refractivity contribution is 5.89. The molecule has 0 aliphatic heterocycles. The minimum atomic E-state index is -1.32. The Kier molecular flexibility index (Phi) is 5.80. The van der Waals surface area contributed by atoms with Crippen LogP contribution in [0.1, 0.15) is 92.4 Å². The SMILES string of the molecule is CC(C)C/C=C/[C@@H](C)[C@H]1CC[C@H]2[C@@H]3CC(=O)[C@@]4(O)C[C@@H](O)CC[C@]4(C)[C@H]3CC[C@]12C. The smallest absolute Gasteiger partial charge is 0.165 e. The number of rotatable bonds is 4. The number of carbonyl (C=O) groups is 1. The third kappa shape index (κ3) is 3.25. The van der Waals surface area contributed by atoms with Crippen LogP contribution in [0.3, 0.4) is 0 Å². The summed E-state index contributed by atoms with van der Waals surface area (Å²) in [5, 5.41) is 21.7. The van der Waals surface area contributed by atoms with Crippen molar-refractivity contribution < 1.29 is 15.0 Å². The van der Waals surface area contributed by atoms with E-state index in [-0.39, 0.29) is 17.6 Å². The number of ketones is 1. The van der Waals surface area contributed by atoms with Gasteiger partial charge in [0.25, 0.3) is 0 Å². The minimum absolute atomic E-state index is 0.0163. The summed E-state index contributed by atoms with van der Waals surface area (Å²) in [5.74, 6) is 3.43. The molecule has 0 aromatic rings. The van der Waals surface area contributed by atoms with Crippen molar-refractivity contribution in [2.75, 3.05) is 0 Å². The van der Waals surface area contributed by atoms with Crippen molar-refractivity contribution in [1.82, 2.24) is 0 Å². The van der Waals surface area contributed by atoms with Crippen LogP contribution < -0.4 is 0 Å². The predicted octanol–water partition coefficient (Wildman–Crippen LogP) is 5.54. The molecule has 0 bridgehead atoms. The highest BCUT2D eigenvalue weighted by atomic mass is 16.3. The van der Waals surface area contributed by atoms with Crippen LogP contribution in [0, 0.1) is 46.3 Å². The summed E-state index contributed by atoms with van der Waals surface area (Å²) in [5.41, 5.74) is -1.37. The number of carbonyl (C=O) groups excluding carboxylic acids is 1. The number of aliphatic hydroxyl groups excluding tert-OH is 1. The van der Waals surface area contributed by atoms with Gasteiger partial charge >= 0.3 is 0 Å². The van der Waals surface area contributed by atoms with E-state index < -0.39 is 11.7 Å². The van der Waals surface area contributed by atoms with Crippen LogP contribution in [-0.2, 0) is 4.79 Å². The summed E-state index contributed by atoms with van der Waals surface area (Å²) in [6, 6.07) is 0. The fourth-order valence-electron chi connectivity index (χ4n) is 8.62. The Morgan fingerprint density at radius 3 is 2.50 bits per heavy atom. The summed E-state index contributed by atoms with van der Waals surface area (Å²) in [4.78, 5) is 13.3. The highest BCUT2D eigenvalue weighted by Crippen LogP contribution is 2.68. The molecule has 0 heterocycles. The van der Waals surface area contributed by atoms with Gasteiger partial charge in [-0.15, -0.1) is 0 Å². The van der Waals surface area contributed by atoms with Gasteiger partial charge in [0, 0.05) is 18.3 Å². The topological polar surface area (TPSA) is 57.5 Å².